The number of halogens is 1. The van der Waals surface area contributed by atoms with E-state index in [2.05, 4.69) is 15.9 Å². The molecule has 3 aromatic carbocycles. The minimum atomic E-state index is -3.93. The molecule has 6 nitrogen and oxygen atoms in total. The quantitative estimate of drug-likeness (QED) is 0.666. The monoisotopic (exact) mass is 446 g/mol. The van der Waals surface area contributed by atoms with Crippen molar-refractivity contribution in [3.8, 4) is 5.75 Å². The van der Waals surface area contributed by atoms with Crippen molar-refractivity contribution in [2.75, 3.05) is 10.8 Å². The Hall–Kier alpha value is -2.58. The Morgan fingerprint density at radius 1 is 1.04 bits per heavy atom. The summed E-state index contributed by atoms with van der Waals surface area (Å²) in [5, 5.41) is 1.74. The lowest BCUT2D eigenvalue weighted by Crippen LogP contribution is -2.29. The van der Waals surface area contributed by atoms with Crippen molar-refractivity contribution in [3.05, 3.63) is 70.7 Å². The van der Waals surface area contributed by atoms with Crippen LogP contribution in [0.15, 0.2) is 65.1 Å². The predicted molar refractivity (Wildman–Crippen MR) is 107 cm³/mol. The minimum absolute atomic E-state index is 0.274. The highest BCUT2D eigenvalue weighted by Gasteiger charge is 2.36. The Kier molecular flexibility index (Phi) is 4.53. The summed E-state index contributed by atoms with van der Waals surface area (Å²) >= 11 is 3.42. The molecule has 1 amide bonds. The summed E-state index contributed by atoms with van der Waals surface area (Å²) < 4.78 is 34.5. The van der Waals surface area contributed by atoms with Crippen molar-refractivity contribution >= 4 is 48.5 Å². The van der Waals surface area contributed by atoms with Gasteiger partial charge >= 0.3 is 10.2 Å². The Bertz CT molecular complexity index is 1130. The molecule has 1 aliphatic rings. The van der Waals surface area contributed by atoms with E-state index in [1.807, 2.05) is 53.3 Å². The van der Waals surface area contributed by atoms with Gasteiger partial charge in [0.1, 0.15) is 18.9 Å². The Balaban J connectivity index is 1.80. The lowest BCUT2D eigenvalue weighted by Gasteiger charge is -2.20. The summed E-state index contributed by atoms with van der Waals surface area (Å²) in [5.74, 6) is -0.174. The van der Waals surface area contributed by atoms with Crippen LogP contribution in [0.1, 0.15) is 5.56 Å². The second-order valence-electron chi connectivity index (χ2n) is 6.12. The van der Waals surface area contributed by atoms with E-state index in [0.717, 1.165) is 25.1 Å². The van der Waals surface area contributed by atoms with Crippen LogP contribution < -0.4 is 13.8 Å². The van der Waals surface area contributed by atoms with Gasteiger partial charge in [0.2, 0.25) is 0 Å². The van der Waals surface area contributed by atoms with E-state index in [1.54, 1.807) is 12.1 Å². The number of hydrogen-bond donors (Lipinski definition) is 1. The maximum Gasteiger partial charge on any atom is 0.326 e. The number of nitrogens with zero attached hydrogens (tertiary/aromatic N) is 1. The predicted octanol–water partition coefficient (Wildman–Crippen LogP) is 3.36. The van der Waals surface area contributed by atoms with Crippen molar-refractivity contribution in [1.82, 2.24) is 4.72 Å². The Morgan fingerprint density at radius 2 is 1.81 bits per heavy atom. The summed E-state index contributed by atoms with van der Waals surface area (Å²) in [6.45, 7) is 0.00861. The molecule has 1 aliphatic heterocycles. The van der Waals surface area contributed by atoms with E-state index < -0.39 is 16.1 Å². The number of carbonyl (C=O) groups is 1. The maximum atomic E-state index is 12.3. The summed E-state index contributed by atoms with van der Waals surface area (Å²) in [5.41, 5.74) is 1.28. The van der Waals surface area contributed by atoms with Crippen molar-refractivity contribution in [3.63, 3.8) is 0 Å². The fraction of sp³-hybridized carbons (Fsp3) is 0.105. The lowest BCUT2D eigenvalue weighted by molar-refractivity contribution is -0.117. The number of fused-ring (bicyclic) bond motifs is 1. The van der Waals surface area contributed by atoms with Crippen LogP contribution in [0.2, 0.25) is 0 Å². The number of nitrogens with one attached hydrogen (secondary N) is 1. The molecule has 0 saturated carbocycles. The van der Waals surface area contributed by atoms with Crippen LogP contribution in [0.4, 0.5) is 5.69 Å². The Morgan fingerprint density at radius 3 is 2.52 bits per heavy atom. The molecule has 0 aliphatic carbocycles. The highest BCUT2D eigenvalue weighted by molar-refractivity contribution is 9.10. The highest BCUT2D eigenvalue weighted by Crippen LogP contribution is 2.37. The molecule has 1 fully saturated rings. The first-order valence-corrected chi connectivity index (χ1v) is 10.4. The summed E-state index contributed by atoms with van der Waals surface area (Å²) in [4.78, 5) is 11.7. The van der Waals surface area contributed by atoms with Crippen molar-refractivity contribution in [2.45, 2.75) is 6.61 Å². The van der Waals surface area contributed by atoms with E-state index in [-0.39, 0.29) is 13.2 Å². The molecule has 4 rings (SSSR count). The molecule has 1 N–H and O–H groups in total. The van der Waals surface area contributed by atoms with Gasteiger partial charge in [0, 0.05) is 4.47 Å². The van der Waals surface area contributed by atoms with Crippen LogP contribution in [0, 0.1) is 0 Å². The first-order valence-electron chi connectivity index (χ1n) is 8.16. The van der Waals surface area contributed by atoms with E-state index >= 15 is 0 Å². The highest BCUT2D eigenvalue weighted by atomic mass is 79.9. The molecule has 0 spiro atoms. The van der Waals surface area contributed by atoms with Crippen molar-refractivity contribution in [2.24, 2.45) is 0 Å². The van der Waals surface area contributed by atoms with Crippen molar-refractivity contribution < 1.29 is 17.9 Å². The maximum absolute atomic E-state index is 12.3. The second kappa shape index (κ2) is 6.86. The van der Waals surface area contributed by atoms with Gasteiger partial charge in [-0.3, -0.25) is 4.79 Å². The zero-order chi connectivity index (χ0) is 19.0. The third-order valence-electron chi connectivity index (χ3n) is 4.21. The molecule has 138 valence electrons. The summed E-state index contributed by atoms with van der Waals surface area (Å²) in [6.07, 6.45) is 0. The summed E-state index contributed by atoms with van der Waals surface area (Å²) in [7, 11) is -3.93. The SMILES string of the molecule is O=C1CN(c2cc3cc(Br)ccc3cc2OCc2ccccc2)S(=O)(=O)N1. The molecule has 0 aromatic heterocycles. The molecular weight excluding hydrogens is 432 g/mol. The van der Waals surface area contributed by atoms with Crippen LogP contribution in [0.25, 0.3) is 10.8 Å². The van der Waals surface area contributed by atoms with Gasteiger partial charge in [0.25, 0.3) is 5.91 Å². The van der Waals surface area contributed by atoms with Gasteiger partial charge in [0.15, 0.2) is 0 Å². The number of carbonyl (C=O) groups excluding carboxylic acids is 1. The number of anilines is 1. The largest absolute Gasteiger partial charge is 0.487 e. The molecule has 27 heavy (non-hydrogen) atoms. The number of ether oxygens (including phenoxy) is 1. The van der Waals surface area contributed by atoms with Crippen LogP contribution >= 0.6 is 15.9 Å². The number of benzene rings is 3. The van der Waals surface area contributed by atoms with Crippen LogP contribution in [-0.4, -0.2) is 20.9 Å². The van der Waals surface area contributed by atoms with Crippen molar-refractivity contribution in [1.29, 1.82) is 0 Å². The van der Waals surface area contributed by atoms with Gasteiger partial charge in [0.05, 0.1) is 5.69 Å². The van der Waals surface area contributed by atoms with E-state index in [0.29, 0.717) is 11.4 Å². The van der Waals surface area contributed by atoms with Gasteiger partial charge < -0.3 is 4.74 Å². The zero-order valence-electron chi connectivity index (χ0n) is 14.1. The molecule has 1 saturated heterocycles. The molecule has 0 radical (unpaired) electrons. The first-order chi connectivity index (χ1) is 12.9. The van der Waals surface area contributed by atoms with Gasteiger partial charge in [-0.25, -0.2) is 9.03 Å². The van der Waals surface area contributed by atoms with E-state index in [1.165, 1.54) is 0 Å². The van der Waals surface area contributed by atoms with Crippen LogP contribution in [-0.2, 0) is 21.6 Å². The third kappa shape index (κ3) is 3.63. The first kappa shape index (κ1) is 17.8. The number of amides is 1. The summed E-state index contributed by atoms with van der Waals surface area (Å²) in [6, 6.07) is 18.8. The van der Waals surface area contributed by atoms with Gasteiger partial charge in [-0.2, -0.15) is 8.42 Å². The lowest BCUT2D eigenvalue weighted by atomic mass is 10.1. The topological polar surface area (TPSA) is 75.7 Å². The van der Waals surface area contributed by atoms with Gasteiger partial charge in [-0.1, -0.05) is 52.3 Å². The molecule has 8 heteroatoms. The van der Waals surface area contributed by atoms with E-state index in [4.69, 9.17) is 4.74 Å². The van der Waals surface area contributed by atoms with Crippen LogP contribution in [0.5, 0.6) is 5.75 Å². The molecule has 0 bridgehead atoms. The molecule has 3 aromatic rings. The second-order valence-corrected chi connectivity index (χ2v) is 8.63. The molecular formula is C19H15BrN2O4S. The number of rotatable bonds is 4. The zero-order valence-corrected chi connectivity index (χ0v) is 16.5. The Labute approximate surface area is 165 Å². The molecule has 1 heterocycles. The molecule has 0 atom stereocenters. The fourth-order valence-corrected chi connectivity index (χ4v) is 4.47. The third-order valence-corrected chi connectivity index (χ3v) is 6.09. The van der Waals surface area contributed by atoms with Gasteiger partial charge in [-0.15, -0.1) is 0 Å². The molecule has 0 unspecified atom stereocenters. The standard InChI is InChI=1S/C19H15BrN2O4S/c20-16-7-6-14-10-18(26-12-13-4-2-1-3-5-13)17(9-15(14)8-16)22-11-19(23)21-27(22,24)25/h1-10H,11-12H2,(H,21,23). The average molecular weight is 447 g/mol. The van der Waals surface area contributed by atoms with E-state index in [9.17, 15) is 13.2 Å². The van der Waals surface area contributed by atoms with Gasteiger partial charge in [-0.05, 0) is 40.6 Å². The number of hydrogen-bond acceptors (Lipinski definition) is 4. The minimum Gasteiger partial charge on any atom is -0.487 e. The van der Waals surface area contributed by atoms with Crippen LogP contribution in [0.3, 0.4) is 0 Å². The fourth-order valence-electron chi connectivity index (χ4n) is 2.94. The normalized spacial score (nSPS) is 15.7. The average Bonchev–Trinajstić information content (AvgIpc) is 2.92. The smallest absolute Gasteiger partial charge is 0.326 e.